The van der Waals surface area contributed by atoms with E-state index in [1.54, 1.807) is 38.1 Å². The maximum atomic E-state index is 12.6. The van der Waals surface area contributed by atoms with Crippen LogP contribution in [0.15, 0.2) is 30.6 Å². The van der Waals surface area contributed by atoms with Crippen LogP contribution >= 0.6 is 0 Å². The number of aromatic nitrogens is 5. The smallest absolute Gasteiger partial charge is 0.246 e. The fraction of sp³-hybridized carbons (Fsp3) is 0.350. The van der Waals surface area contributed by atoms with E-state index >= 15 is 0 Å². The van der Waals surface area contributed by atoms with Crippen LogP contribution in [0.2, 0.25) is 0 Å². The Bertz CT molecular complexity index is 1090. The van der Waals surface area contributed by atoms with E-state index in [1.165, 1.54) is 6.33 Å². The lowest BCUT2D eigenvalue weighted by Crippen LogP contribution is -2.48. The maximum absolute atomic E-state index is 12.6. The zero-order chi connectivity index (χ0) is 21.1. The molecule has 0 bridgehead atoms. The van der Waals surface area contributed by atoms with Gasteiger partial charge in [-0.15, -0.1) is 5.10 Å². The number of ether oxygens (including phenoxy) is 2. The van der Waals surface area contributed by atoms with Gasteiger partial charge in [-0.05, 0) is 23.8 Å². The number of amides is 1. The molecule has 1 aliphatic rings. The molecule has 1 aliphatic heterocycles. The van der Waals surface area contributed by atoms with E-state index in [1.807, 2.05) is 23.1 Å². The molecule has 0 N–H and O–H groups in total. The topological polar surface area (TPSA) is 98.5 Å². The molecule has 1 aromatic carbocycles. The van der Waals surface area contributed by atoms with Gasteiger partial charge in [0.15, 0.2) is 28.5 Å². The average Bonchev–Trinajstić information content (AvgIpc) is 3.18. The van der Waals surface area contributed by atoms with Crippen LogP contribution in [0.5, 0.6) is 11.5 Å². The number of fused-ring (bicyclic) bond motifs is 1. The van der Waals surface area contributed by atoms with Crippen molar-refractivity contribution in [1.82, 2.24) is 29.9 Å². The van der Waals surface area contributed by atoms with Gasteiger partial charge in [0.1, 0.15) is 6.33 Å². The van der Waals surface area contributed by atoms with Gasteiger partial charge in [0.05, 0.1) is 14.2 Å². The van der Waals surface area contributed by atoms with Crippen LogP contribution in [0, 0.1) is 0 Å². The van der Waals surface area contributed by atoms with Crippen molar-refractivity contribution in [1.29, 1.82) is 0 Å². The number of carbonyl (C=O) groups is 1. The SMILES string of the molecule is COc1ccc(/C=C\C(=O)N2CCN(c3ncnc4c3nnn4C)CC2)cc1OC. The van der Waals surface area contributed by atoms with Crippen molar-refractivity contribution >= 4 is 29.0 Å². The quantitative estimate of drug-likeness (QED) is 0.579. The van der Waals surface area contributed by atoms with Crippen molar-refractivity contribution in [2.24, 2.45) is 7.05 Å². The van der Waals surface area contributed by atoms with Crippen molar-refractivity contribution in [2.45, 2.75) is 0 Å². The lowest BCUT2D eigenvalue weighted by molar-refractivity contribution is -0.126. The number of hydrogen-bond acceptors (Lipinski definition) is 8. The molecule has 4 rings (SSSR count). The predicted octanol–water partition coefficient (Wildman–Crippen LogP) is 1.14. The summed E-state index contributed by atoms with van der Waals surface area (Å²) >= 11 is 0. The van der Waals surface area contributed by atoms with E-state index in [9.17, 15) is 4.79 Å². The molecule has 0 spiro atoms. The number of nitrogens with zero attached hydrogens (tertiary/aromatic N) is 7. The standard InChI is InChI=1S/C20H23N7O3/c1-25-19-18(23-24-25)20(22-13-21-19)27-10-8-26(9-11-27)17(28)7-5-14-4-6-15(29-2)16(12-14)30-3/h4-7,12-13H,8-11H2,1-3H3/b7-5-. The molecule has 0 atom stereocenters. The molecule has 10 nitrogen and oxygen atoms in total. The highest BCUT2D eigenvalue weighted by atomic mass is 16.5. The molecule has 156 valence electrons. The minimum Gasteiger partial charge on any atom is -0.493 e. The summed E-state index contributed by atoms with van der Waals surface area (Å²) < 4.78 is 12.2. The predicted molar refractivity (Wildman–Crippen MR) is 111 cm³/mol. The van der Waals surface area contributed by atoms with Gasteiger partial charge in [0, 0.05) is 39.3 Å². The van der Waals surface area contributed by atoms with Gasteiger partial charge in [-0.1, -0.05) is 11.3 Å². The molecule has 0 aliphatic carbocycles. The average molecular weight is 409 g/mol. The third kappa shape index (κ3) is 3.76. The Labute approximate surface area is 173 Å². The second-order valence-electron chi connectivity index (χ2n) is 6.84. The molecule has 1 fully saturated rings. The summed E-state index contributed by atoms with van der Waals surface area (Å²) in [4.78, 5) is 25.2. The second kappa shape index (κ2) is 8.36. The lowest BCUT2D eigenvalue weighted by atomic mass is 10.2. The van der Waals surface area contributed by atoms with E-state index in [4.69, 9.17) is 9.47 Å². The number of carbonyl (C=O) groups excluding carboxylic acids is 1. The fourth-order valence-electron chi connectivity index (χ4n) is 3.44. The molecule has 1 saturated heterocycles. The monoisotopic (exact) mass is 409 g/mol. The van der Waals surface area contributed by atoms with E-state index in [0.29, 0.717) is 48.8 Å². The molecule has 3 heterocycles. The van der Waals surface area contributed by atoms with Crippen LogP contribution in [0.25, 0.3) is 17.2 Å². The highest BCUT2D eigenvalue weighted by molar-refractivity contribution is 5.92. The summed E-state index contributed by atoms with van der Waals surface area (Å²) in [6, 6.07) is 5.53. The van der Waals surface area contributed by atoms with Crippen LogP contribution in [0.4, 0.5) is 5.82 Å². The molecule has 2 aromatic heterocycles. The van der Waals surface area contributed by atoms with Gasteiger partial charge in [-0.2, -0.15) is 0 Å². The van der Waals surface area contributed by atoms with E-state index < -0.39 is 0 Å². The van der Waals surface area contributed by atoms with Gasteiger partial charge in [0.2, 0.25) is 5.91 Å². The molecule has 10 heteroatoms. The van der Waals surface area contributed by atoms with Crippen LogP contribution in [-0.4, -0.2) is 76.2 Å². The molecular formula is C20H23N7O3. The van der Waals surface area contributed by atoms with E-state index in [-0.39, 0.29) is 5.91 Å². The first-order chi connectivity index (χ1) is 14.6. The first-order valence-electron chi connectivity index (χ1n) is 9.55. The van der Waals surface area contributed by atoms with Gasteiger partial charge >= 0.3 is 0 Å². The molecule has 1 amide bonds. The van der Waals surface area contributed by atoms with Crippen LogP contribution in [-0.2, 0) is 11.8 Å². The Morgan fingerprint density at radius 3 is 2.57 bits per heavy atom. The second-order valence-corrected chi connectivity index (χ2v) is 6.84. The summed E-state index contributed by atoms with van der Waals surface area (Å²) in [5.41, 5.74) is 2.23. The fourth-order valence-corrected chi connectivity index (χ4v) is 3.44. The zero-order valence-corrected chi connectivity index (χ0v) is 17.1. The Morgan fingerprint density at radius 1 is 1.07 bits per heavy atom. The van der Waals surface area contributed by atoms with E-state index in [0.717, 1.165) is 11.4 Å². The van der Waals surface area contributed by atoms with Crippen LogP contribution < -0.4 is 14.4 Å². The van der Waals surface area contributed by atoms with Crippen molar-refractivity contribution in [3.8, 4) is 11.5 Å². The summed E-state index contributed by atoms with van der Waals surface area (Å²) in [6.07, 6.45) is 4.89. The van der Waals surface area contributed by atoms with Crippen molar-refractivity contribution in [3.63, 3.8) is 0 Å². The number of rotatable bonds is 5. The highest BCUT2D eigenvalue weighted by Crippen LogP contribution is 2.28. The Hall–Kier alpha value is -3.69. The minimum atomic E-state index is -0.0308. The molecule has 30 heavy (non-hydrogen) atoms. The normalized spacial score (nSPS) is 14.5. The third-order valence-corrected chi connectivity index (χ3v) is 5.09. The van der Waals surface area contributed by atoms with Gasteiger partial charge in [0.25, 0.3) is 0 Å². The summed E-state index contributed by atoms with van der Waals surface area (Å²) in [5.74, 6) is 2.00. The largest absolute Gasteiger partial charge is 0.493 e. The van der Waals surface area contributed by atoms with Crippen molar-refractivity contribution in [2.75, 3.05) is 45.3 Å². The summed E-state index contributed by atoms with van der Waals surface area (Å²) in [7, 11) is 4.98. The number of piperazine rings is 1. The van der Waals surface area contributed by atoms with Crippen molar-refractivity contribution < 1.29 is 14.3 Å². The molecule has 0 unspecified atom stereocenters. The number of aryl methyl sites for hydroxylation is 1. The zero-order valence-electron chi connectivity index (χ0n) is 17.1. The third-order valence-electron chi connectivity index (χ3n) is 5.09. The van der Waals surface area contributed by atoms with Gasteiger partial charge in [-0.25, -0.2) is 14.6 Å². The Kier molecular flexibility index (Phi) is 5.46. The summed E-state index contributed by atoms with van der Waals surface area (Å²) in [6.45, 7) is 2.53. The number of benzene rings is 1. The summed E-state index contributed by atoms with van der Waals surface area (Å²) in [5, 5.41) is 8.19. The minimum absolute atomic E-state index is 0.0308. The maximum Gasteiger partial charge on any atom is 0.246 e. The molecule has 0 saturated carbocycles. The van der Waals surface area contributed by atoms with E-state index in [2.05, 4.69) is 25.2 Å². The number of anilines is 1. The molecule has 3 aromatic rings. The van der Waals surface area contributed by atoms with Crippen LogP contribution in [0.3, 0.4) is 0 Å². The molecular weight excluding hydrogens is 386 g/mol. The highest BCUT2D eigenvalue weighted by Gasteiger charge is 2.23. The lowest BCUT2D eigenvalue weighted by Gasteiger charge is -2.34. The number of methoxy groups -OCH3 is 2. The first kappa shape index (κ1) is 19.6. The van der Waals surface area contributed by atoms with Gasteiger partial charge in [-0.3, -0.25) is 4.79 Å². The van der Waals surface area contributed by atoms with Crippen molar-refractivity contribution in [3.05, 3.63) is 36.2 Å². The Morgan fingerprint density at radius 2 is 1.83 bits per heavy atom. The first-order valence-corrected chi connectivity index (χ1v) is 9.55. The van der Waals surface area contributed by atoms with Crippen LogP contribution in [0.1, 0.15) is 5.56 Å². The molecule has 0 radical (unpaired) electrons. The van der Waals surface area contributed by atoms with Gasteiger partial charge < -0.3 is 19.3 Å². The Balaban J connectivity index is 1.40. The number of hydrogen-bond donors (Lipinski definition) is 0.